The minimum Gasteiger partial charge on any atom is -0.537 e. The first-order chi connectivity index (χ1) is 8.36. The third kappa shape index (κ3) is 6.19. The van der Waals surface area contributed by atoms with E-state index in [0.717, 1.165) is 25.2 Å². The average molecular weight is 237 g/mol. The summed E-state index contributed by atoms with van der Waals surface area (Å²) < 4.78 is 15.6. The molecular formula is C12H18BO4. The van der Waals surface area contributed by atoms with E-state index in [1.54, 1.807) is 24.3 Å². The Labute approximate surface area is 103 Å². The minimum atomic E-state index is 0.538. The van der Waals surface area contributed by atoms with Crippen LogP contribution in [0, 0.1) is 0 Å². The maximum atomic E-state index is 8.44. The van der Waals surface area contributed by atoms with Crippen LogP contribution in [0.15, 0.2) is 24.3 Å². The SMILES string of the molecule is CCCCOCCOc1ccc(O[B]O)cc1. The summed E-state index contributed by atoms with van der Waals surface area (Å²) in [6.45, 7) is 4.06. The van der Waals surface area contributed by atoms with Crippen molar-refractivity contribution in [2.24, 2.45) is 0 Å². The highest BCUT2D eigenvalue weighted by Gasteiger charge is 1.97. The number of ether oxygens (including phenoxy) is 2. The predicted octanol–water partition coefficient (Wildman–Crippen LogP) is 1.79. The van der Waals surface area contributed by atoms with Crippen LogP contribution in [0.1, 0.15) is 19.8 Å². The second-order valence-electron chi connectivity index (χ2n) is 3.51. The van der Waals surface area contributed by atoms with Crippen LogP contribution in [0.2, 0.25) is 0 Å². The van der Waals surface area contributed by atoms with Gasteiger partial charge in [-0.3, -0.25) is 0 Å². The highest BCUT2D eigenvalue weighted by Crippen LogP contribution is 2.16. The van der Waals surface area contributed by atoms with Gasteiger partial charge in [-0.2, -0.15) is 0 Å². The summed E-state index contributed by atoms with van der Waals surface area (Å²) >= 11 is 0. The molecule has 0 saturated heterocycles. The molecule has 0 aliphatic rings. The van der Waals surface area contributed by atoms with Crippen molar-refractivity contribution in [1.29, 1.82) is 0 Å². The van der Waals surface area contributed by atoms with Crippen LogP contribution in [0.4, 0.5) is 0 Å². The summed E-state index contributed by atoms with van der Waals surface area (Å²) in [6, 6.07) is 7.01. The smallest absolute Gasteiger partial charge is 0.537 e. The molecule has 0 spiro atoms. The summed E-state index contributed by atoms with van der Waals surface area (Å²) in [4.78, 5) is 0. The molecule has 0 aliphatic heterocycles. The molecule has 1 aromatic carbocycles. The fourth-order valence-corrected chi connectivity index (χ4v) is 1.24. The lowest BCUT2D eigenvalue weighted by Crippen LogP contribution is -2.07. The van der Waals surface area contributed by atoms with Crippen LogP contribution in [0.3, 0.4) is 0 Å². The van der Waals surface area contributed by atoms with Gasteiger partial charge in [-0.15, -0.1) is 0 Å². The number of unbranched alkanes of at least 4 members (excludes halogenated alkanes) is 1. The van der Waals surface area contributed by atoms with E-state index >= 15 is 0 Å². The molecule has 0 atom stereocenters. The largest absolute Gasteiger partial charge is 0.569 e. The van der Waals surface area contributed by atoms with Crippen molar-refractivity contribution in [3.05, 3.63) is 24.3 Å². The fourth-order valence-electron chi connectivity index (χ4n) is 1.24. The molecular weight excluding hydrogens is 219 g/mol. The molecule has 0 aliphatic carbocycles. The van der Waals surface area contributed by atoms with Crippen LogP contribution in [0.25, 0.3) is 0 Å². The maximum Gasteiger partial charge on any atom is 0.569 e. The van der Waals surface area contributed by atoms with E-state index in [1.165, 1.54) is 0 Å². The van der Waals surface area contributed by atoms with Crippen LogP contribution in [-0.4, -0.2) is 32.5 Å². The summed E-state index contributed by atoms with van der Waals surface area (Å²) in [6.07, 6.45) is 2.23. The minimum absolute atomic E-state index is 0.538. The molecule has 1 N–H and O–H groups in total. The van der Waals surface area contributed by atoms with Gasteiger partial charge in [-0.1, -0.05) is 13.3 Å². The Balaban J connectivity index is 2.14. The zero-order valence-electron chi connectivity index (χ0n) is 10.1. The van der Waals surface area contributed by atoms with E-state index in [1.807, 2.05) is 0 Å². The predicted molar refractivity (Wildman–Crippen MR) is 66.3 cm³/mol. The summed E-state index contributed by atoms with van der Waals surface area (Å²) in [5, 5.41) is 8.44. The third-order valence-electron chi connectivity index (χ3n) is 2.15. The highest BCUT2D eigenvalue weighted by atomic mass is 16.5. The average Bonchev–Trinajstić information content (AvgIpc) is 2.36. The second-order valence-corrected chi connectivity index (χ2v) is 3.51. The first-order valence-electron chi connectivity index (χ1n) is 5.80. The summed E-state index contributed by atoms with van der Waals surface area (Å²) in [5.74, 6) is 1.33. The van der Waals surface area contributed by atoms with E-state index < -0.39 is 0 Å². The number of hydrogen-bond donors (Lipinski definition) is 1. The Morgan fingerprint density at radius 3 is 2.41 bits per heavy atom. The van der Waals surface area contributed by atoms with Gasteiger partial charge in [0.05, 0.1) is 6.61 Å². The zero-order chi connectivity index (χ0) is 12.3. The van der Waals surface area contributed by atoms with Crippen molar-refractivity contribution >= 4 is 7.69 Å². The van der Waals surface area contributed by atoms with E-state index in [9.17, 15) is 0 Å². The van der Waals surface area contributed by atoms with E-state index in [0.29, 0.717) is 26.6 Å². The quantitative estimate of drug-likeness (QED) is 0.525. The number of hydrogen-bond acceptors (Lipinski definition) is 4. The molecule has 0 heterocycles. The molecule has 0 aromatic heterocycles. The molecule has 17 heavy (non-hydrogen) atoms. The van der Waals surface area contributed by atoms with Crippen LogP contribution in [-0.2, 0) is 4.74 Å². The molecule has 1 rings (SSSR count). The lowest BCUT2D eigenvalue weighted by atomic mass is 10.3. The number of benzene rings is 1. The molecule has 1 radical (unpaired) electrons. The van der Waals surface area contributed by atoms with E-state index in [4.69, 9.17) is 19.2 Å². The van der Waals surface area contributed by atoms with Crippen molar-refractivity contribution in [2.45, 2.75) is 19.8 Å². The van der Waals surface area contributed by atoms with E-state index in [2.05, 4.69) is 6.92 Å². The Morgan fingerprint density at radius 2 is 1.76 bits per heavy atom. The van der Waals surface area contributed by atoms with Gasteiger partial charge in [-0.05, 0) is 30.7 Å². The summed E-state index contributed by atoms with van der Waals surface area (Å²) in [7, 11) is 0.650. The van der Waals surface area contributed by atoms with Gasteiger partial charge in [0.1, 0.15) is 18.1 Å². The van der Waals surface area contributed by atoms with E-state index in [-0.39, 0.29) is 0 Å². The normalized spacial score (nSPS) is 10.0. The van der Waals surface area contributed by atoms with Gasteiger partial charge in [0, 0.05) is 6.61 Å². The first kappa shape index (κ1) is 13.9. The van der Waals surface area contributed by atoms with Crippen molar-refractivity contribution < 1.29 is 19.2 Å². The molecule has 1 aromatic rings. The molecule has 93 valence electrons. The fraction of sp³-hybridized carbons (Fsp3) is 0.500. The Hall–Kier alpha value is -1.20. The van der Waals surface area contributed by atoms with Gasteiger partial charge in [0.15, 0.2) is 0 Å². The monoisotopic (exact) mass is 237 g/mol. The second kappa shape index (κ2) is 8.90. The van der Waals surface area contributed by atoms with Crippen molar-refractivity contribution in [1.82, 2.24) is 0 Å². The molecule has 5 heteroatoms. The molecule has 0 amide bonds. The van der Waals surface area contributed by atoms with Gasteiger partial charge >= 0.3 is 7.69 Å². The molecule has 0 fully saturated rings. The lowest BCUT2D eigenvalue weighted by Gasteiger charge is -2.07. The maximum absolute atomic E-state index is 8.44. The topological polar surface area (TPSA) is 47.9 Å². The Bertz CT molecular complexity index is 289. The van der Waals surface area contributed by atoms with Crippen molar-refractivity contribution in [3.63, 3.8) is 0 Å². The zero-order valence-corrected chi connectivity index (χ0v) is 10.1. The van der Waals surface area contributed by atoms with Crippen LogP contribution >= 0.6 is 0 Å². The van der Waals surface area contributed by atoms with Crippen molar-refractivity contribution in [2.75, 3.05) is 19.8 Å². The molecule has 4 nitrogen and oxygen atoms in total. The van der Waals surface area contributed by atoms with Crippen molar-refractivity contribution in [3.8, 4) is 11.5 Å². The van der Waals surface area contributed by atoms with Gasteiger partial charge < -0.3 is 19.2 Å². The Morgan fingerprint density at radius 1 is 1.06 bits per heavy atom. The lowest BCUT2D eigenvalue weighted by molar-refractivity contribution is 0.0980. The van der Waals surface area contributed by atoms with Crippen LogP contribution < -0.4 is 9.39 Å². The first-order valence-corrected chi connectivity index (χ1v) is 5.80. The van der Waals surface area contributed by atoms with Gasteiger partial charge in [0.25, 0.3) is 0 Å². The molecule has 0 saturated carbocycles. The third-order valence-corrected chi connectivity index (χ3v) is 2.15. The summed E-state index contributed by atoms with van der Waals surface area (Å²) in [5.41, 5.74) is 0. The van der Waals surface area contributed by atoms with Gasteiger partial charge in [0.2, 0.25) is 0 Å². The highest BCUT2D eigenvalue weighted by molar-refractivity contribution is 6.17. The molecule has 0 bridgehead atoms. The van der Waals surface area contributed by atoms with Crippen LogP contribution in [0.5, 0.6) is 11.5 Å². The standard InChI is InChI=1S/C12H18BO4/c1-2-3-8-15-9-10-16-11-4-6-12(7-5-11)17-13-14/h4-7,14H,2-3,8-10H2,1H3. The molecule has 0 unspecified atom stereocenters. The Kier molecular flexibility index (Phi) is 7.26. The van der Waals surface area contributed by atoms with Gasteiger partial charge in [-0.25, -0.2) is 0 Å². The number of rotatable bonds is 9.